The summed E-state index contributed by atoms with van der Waals surface area (Å²) < 4.78 is 62.7. The smallest absolute Gasteiger partial charge is 0.183 e. The number of hydrogen-bond donors (Lipinski definition) is 1. The van der Waals surface area contributed by atoms with Gasteiger partial charge in [-0.25, -0.2) is 21.2 Å². The Hall–Kier alpha value is -1.84. The second-order valence-corrected chi connectivity index (χ2v) is 10.2. The highest BCUT2D eigenvalue weighted by atomic mass is 32.2. The quantitative estimate of drug-likeness (QED) is 0.772. The Morgan fingerprint density at radius 1 is 1.12 bits per heavy atom. The van der Waals surface area contributed by atoms with E-state index in [1.807, 2.05) is 0 Å². The number of hydrogen-bond acceptors (Lipinski definition) is 6. The Balaban J connectivity index is 1.85. The molecule has 0 spiro atoms. The topological polar surface area (TPSA) is 93.2 Å². The number of halogens is 1. The van der Waals surface area contributed by atoms with E-state index in [-0.39, 0.29) is 17.2 Å². The highest BCUT2D eigenvalue weighted by Gasteiger charge is 2.45. The van der Waals surface area contributed by atoms with Crippen LogP contribution >= 0.6 is 0 Å². The molecule has 1 aromatic heterocycles. The molecule has 1 saturated heterocycles. The Morgan fingerprint density at radius 3 is 2.48 bits per heavy atom. The lowest BCUT2D eigenvalue weighted by Crippen LogP contribution is -2.43. The minimum atomic E-state index is -3.91. The van der Waals surface area contributed by atoms with Crippen molar-refractivity contribution in [2.75, 3.05) is 11.5 Å². The third kappa shape index (κ3) is 4.05. The van der Waals surface area contributed by atoms with Crippen molar-refractivity contribution >= 4 is 19.7 Å². The molecule has 2 atom stereocenters. The Morgan fingerprint density at radius 2 is 1.84 bits per heavy atom. The number of benzene rings is 1. The molecule has 6 nitrogen and oxygen atoms in total. The van der Waals surface area contributed by atoms with Crippen LogP contribution in [0.4, 0.5) is 4.39 Å². The molecular weight excluding hydrogens is 367 g/mol. The van der Waals surface area contributed by atoms with Crippen molar-refractivity contribution in [1.82, 2.24) is 10.3 Å². The first-order chi connectivity index (χ1) is 11.8. The average molecular weight is 384 g/mol. The lowest BCUT2D eigenvalue weighted by molar-refractivity contribution is 0.522. The van der Waals surface area contributed by atoms with Crippen LogP contribution < -0.4 is 5.32 Å². The van der Waals surface area contributed by atoms with Gasteiger partial charge in [-0.2, -0.15) is 0 Å². The van der Waals surface area contributed by atoms with Gasteiger partial charge in [0.15, 0.2) is 19.7 Å². The normalized spacial score (nSPS) is 22.8. The van der Waals surface area contributed by atoms with Gasteiger partial charge in [-0.05, 0) is 36.4 Å². The molecule has 0 radical (unpaired) electrons. The van der Waals surface area contributed by atoms with E-state index in [0.717, 1.165) is 24.3 Å². The van der Waals surface area contributed by atoms with Crippen molar-refractivity contribution in [2.24, 2.45) is 0 Å². The summed E-state index contributed by atoms with van der Waals surface area (Å²) in [7, 11) is -7.39. The molecule has 1 aromatic carbocycles. The van der Waals surface area contributed by atoms with E-state index in [9.17, 15) is 21.2 Å². The zero-order valence-electron chi connectivity index (χ0n) is 13.2. The van der Waals surface area contributed by atoms with Gasteiger partial charge in [0, 0.05) is 18.8 Å². The number of nitrogens with zero attached hydrogens (tertiary/aromatic N) is 1. The minimum Gasteiger partial charge on any atom is -0.306 e. The minimum absolute atomic E-state index is 0.0827. The number of sulfone groups is 2. The zero-order chi connectivity index (χ0) is 18.1. The molecule has 1 aliphatic rings. The first-order valence-electron chi connectivity index (χ1n) is 7.61. The standard InChI is InChI=1S/C16H17FN2O4S2/c17-12-4-6-14(7-5-12)25(22,23)16-11-24(20,21)10-15(16)19-9-13-3-1-2-8-18-13/h1-8,15-16,19H,9-11H2/t15-,16-/m0/s1. The van der Waals surface area contributed by atoms with Gasteiger partial charge in [-0.15, -0.1) is 0 Å². The van der Waals surface area contributed by atoms with Crippen LogP contribution in [0, 0.1) is 5.82 Å². The molecule has 9 heteroatoms. The molecule has 3 rings (SSSR count). The van der Waals surface area contributed by atoms with Gasteiger partial charge in [-0.1, -0.05) is 6.07 Å². The summed E-state index contributed by atoms with van der Waals surface area (Å²) in [6, 6.07) is 8.98. The number of rotatable bonds is 5. The van der Waals surface area contributed by atoms with Crippen molar-refractivity contribution in [3.63, 3.8) is 0 Å². The summed E-state index contributed by atoms with van der Waals surface area (Å²) in [5.41, 5.74) is 0.685. The lowest BCUT2D eigenvalue weighted by Gasteiger charge is -2.20. The van der Waals surface area contributed by atoms with E-state index >= 15 is 0 Å². The van der Waals surface area contributed by atoms with Crippen molar-refractivity contribution < 1.29 is 21.2 Å². The van der Waals surface area contributed by atoms with Crippen molar-refractivity contribution in [3.8, 4) is 0 Å². The molecule has 2 heterocycles. The third-order valence-electron chi connectivity index (χ3n) is 4.11. The van der Waals surface area contributed by atoms with Crippen LogP contribution in [0.2, 0.25) is 0 Å². The van der Waals surface area contributed by atoms with Crippen LogP contribution in [0.3, 0.4) is 0 Å². The van der Waals surface area contributed by atoms with E-state index in [4.69, 9.17) is 0 Å². The Bertz CT molecular complexity index is 945. The summed E-state index contributed by atoms with van der Waals surface area (Å²) in [4.78, 5) is 4.05. The van der Waals surface area contributed by atoms with E-state index < -0.39 is 42.5 Å². The molecule has 0 bridgehead atoms. The maximum absolute atomic E-state index is 13.1. The molecule has 0 aliphatic carbocycles. The van der Waals surface area contributed by atoms with Crippen LogP contribution in [0.5, 0.6) is 0 Å². The van der Waals surface area contributed by atoms with E-state index in [0.29, 0.717) is 5.69 Å². The molecular formula is C16H17FN2O4S2. The monoisotopic (exact) mass is 384 g/mol. The maximum Gasteiger partial charge on any atom is 0.183 e. The summed E-state index contributed by atoms with van der Waals surface area (Å²) in [5.74, 6) is -1.26. The highest BCUT2D eigenvalue weighted by Crippen LogP contribution is 2.26. The van der Waals surface area contributed by atoms with Crippen LogP contribution in [-0.2, 0) is 26.2 Å². The molecule has 0 unspecified atom stereocenters. The average Bonchev–Trinajstić information content (AvgIpc) is 2.90. The second-order valence-electron chi connectivity index (χ2n) is 5.92. The van der Waals surface area contributed by atoms with Gasteiger partial charge in [0.2, 0.25) is 0 Å². The number of pyridine rings is 1. The highest BCUT2D eigenvalue weighted by molar-refractivity contribution is 7.96. The van der Waals surface area contributed by atoms with E-state index in [2.05, 4.69) is 10.3 Å². The van der Waals surface area contributed by atoms with Crippen LogP contribution in [0.1, 0.15) is 5.69 Å². The van der Waals surface area contributed by atoms with E-state index in [1.165, 1.54) is 0 Å². The maximum atomic E-state index is 13.1. The fourth-order valence-electron chi connectivity index (χ4n) is 2.85. The first-order valence-corrected chi connectivity index (χ1v) is 11.0. The molecule has 25 heavy (non-hydrogen) atoms. The van der Waals surface area contributed by atoms with Crippen LogP contribution in [-0.4, -0.2) is 44.6 Å². The predicted octanol–water partition coefficient (Wildman–Crippen LogP) is 0.950. The SMILES string of the molecule is O=S1(=O)C[C@H](NCc2ccccn2)[C@@H](S(=O)(=O)c2ccc(F)cc2)C1. The van der Waals surface area contributed by atoms with E-state index in [1.54, 1.807) is 24.4 Å². The molecule has 1 N–H and O–H groups in total. The molecule has 0 saturated carbocycles. The van der Waals surface area contributed by atoms with Crippen LogP contribution in [0.15, 0.2) is 53.6 Å². The van der Waals surface area contributed by atoms with Gasteiger partial charge >= 0.3 is 0 Å². The number of nitrogens with one attached hydrogen (secondary N) is 1. The summed E-state index contributed by atoms with van der Waals surface area (Å²) in [6.45, 7) is 0.260. The fraction of sp³-hybridized carbons (Fsp3) is 0.312. The van der Waals surface area contributed by atoms with Crippen molar-refractivity contribution in [2.45, 2.75) is 22.7 Å². The van der Waals surface area contributed by atoms with Crippen molar-refractivity contribution in [3.05, 3.63) is 60.2 Å². The Kier molecular flexibility index (Phi) is 4.90. The van der Waals surface area contributed by atoms with Gasteiger partial charge in [0.05, 0.1) is 27.3 Å². The summed E-state index contributed by atoms with van der Waals surface area (Å²) >= 11 is 0. The molecule has 134 valence electrons. The largest absolute Gasteiger partial charge is 0.306 e. The third-order valence-corrected chi connectivity index (χ3v) is 8.28. The van der Waals surface area contributed by atoms with Crippen LogP contribution in [0.25, 0.3) is 0 Å². The lowest BCUT2D eigenvalue weighted by atomic mass is 10.2. The summed E-state index contributed by atoms with van der Waals surface area (Å²) in [6.07, 6.45) is 1.61. The second kappa shape index (κ2) is 6.81. The zero-order valence-corrected chi connectivity index (χ0v) is 14.8. The summed E-state index contributed by atoms with van der Waals surface area (Å²) in [5, 5.41) is 1.88. The molecule has 1 aliphatic heterocycles. The van der Waals surface area contributed by atoms with Gasteiger partial charge in [0.25, 0.3) is 0 Å². The van der Waals surface area contributed by atoms with Crippen molar-refractivity contribution in [1.29, 1.82) is 0 Å². The first kappa shape index (κ1) is 18.0. The number of aromatic nitrogens is 1. The van der Waals surface area contributed by atoms with Gasteiger partial charge in [-0.3, -0.25) is 4.98 Å². The fourth-order valence-corrected chi connectivity index (χ4v) is 7.57. The Labute approximate surface area is 145 Å². The predicted molar refractivity (Wildman–Crippen MR) is 90.9 cm³/mol. The molecule has 2 aromatic rings. The molecule has 0 amide bonds. The van der Waals surface area contributed by atoms with Gasteiger partial charge < -0.3 is 5.32 Å². The van der Waals surface area contributed by atoms with Gasteiger partial charge in [0.1, 0.15) is 5.82 Å². The molecule has 1 fully saturated rings.